The third-order valence-electron chi connectivity index (χ3n) is 3.98. The van der Waals surface area contributed by atoms with Gasteiger partial charge in [-0.15, -0.1) is 0 Å². The van der Waals surface area contributed by atoms with Crippen molar-refractivity contribution in [2.75, 3.05) is 6.54 Å². The second kappa shape index (κ2) is 5.19. The van der Waals surface area contributed by atoms with Crippen LogP contribution in [-0.2, 0) is 6.54 Å². The van der Waals surface area contributed by atoms with Gasteiger partial charge in [0.25, 0.3) is 0 Å². The zero-order valence-electron chi connectivity index (χ0n) is 11.2. The molecule has 0 spiro atoms. The van der Waals surface area contributed by atoms with Crippen LogP contribution in [0.3, 0.4) is 0 Å². The molecule has 0 saturated carbocycles. The molecule has 0 aliphatic carbocycles. The standard InChI is InChI=1S/C15H24N2/c1-11(2)14-6-4-13(5-7-14)10-17-9-8-15(16)12(17)3/h4-7,11-12,15H,8-10,16H2,1-3H3. The van der Waals surface area contributed by atoms with Gasteiger partial charge in [0.15, 0.2) is 0 Å². The minimum atomic E-state index is 0.352. The Labute approximate surface area is 105 Å². The van der Waals surface area contributed by atoms with E-state index in [0.29, 0.717) is 18.0 Å². The first-order valence-corrected chi connectivity index (χ1v) is 6.66. The van der Waals surface area contributed by atoms with Gasteiger partial charge in [-0.3, -0.25) is 4.90 Å². The largest absolute Gasteiger partial charge is 0.326 e. The molecule has 17 heavy (non-hydrogen) atoms. The van der Waals surface area contributed by atoms with E-state index in [1.54, 1.807) is 0 Å². The van der Waals surface area contributed by atoms with E-state index in [2.05, 4.69) is 49.9 Å². The second-order valence-corrected chi connectivity index (χ2v) is 5.56. The highest BCUT2D eigenvalue weighted by Crippen LogP contribution is 2.20. The third kappa shape index (κ3) is 2.88. The lowest BCUT2D eigenvalue weighted by atomic mass is 10.0. The van der Waals surface area contributed by atoms with Crippen molar-refractivity contribution in [1.82, 2.24) is 4.90 Å². The number of nitrogens with zero attached hydrogens (tertiary/aromatic N) is 1. The topological polar surface area (TPSA) is 29.3 Å². The Morgan fingerprint density at radius 2 is 1.94 bits per heavy atom. The number of hydrogen-bond donors (Lipinski definition) is 1. The Morgan fingerprint density at radius 3 is 2.41 bits per heavy atom. The molecule has 2 unspecified atom stereocenters. The molecule has 2 N–H and O–H groups in total. The highest BCUT2D eigenvalue weighted by atomic mass is 15.2. The van der Waals surface area contributed by atoms with Crippen LogP contribution in [0.1, 0.15) is 44.2 Å². The maximum atomic E-state index is 6.04. The first-order chi connectivity index (χ1) is 8.08. The molecule has 0 amide bonds. The third-order valence-corrected chi connectivity index (χ3v) is 3.98. The lowest BCUT2D eigenvalue weighted by Crippen LogP contribution is -2.36. The molecule has 1 aliphatic rings. The summed E-state index contributed by atoms with van der Waals surface area (Å²) in [5, 5.41) is 0. The summed E-state index contributed by atoms with van der Waals surface area (Å²) < 4.78 is 0. The van der Waals surface area contributed by atoms with Crippen LogP contribution in [0, 0.1) is 0 Å². The predicted molar refractivity (Wildman–Crippen MR) is 73.0 cm³/mol. The van der Waals surface area contributed by atoms with Crippen molar-refractivity contribution in [3.05, 3.63) is 35.4 Å². The molecule has 1 aliphatic heterocycles. The van der Waals surface area contributed by atoms with E-state index in [4.69, 9.17) is 5.73 Å². The fourth-order valence-electron chi connectivity index (χ4n) is 2.50. The van der Waals surface area contributed by atoms with Crippen molar-refractivity contribution in [3.8, 4) is 0 Å². The number of benzene rings is 1. The van der Waals surface area contributed by atoms with Gasteiger partial charge in [-0.25, -0.2) is 0 Å². The summed E-state index contributed by atoms with van der Waals surface area (Å²) in [5.41, 5.74) is 8.86. The van der Waals surface area contributed by atoms with Gasteiger partial charge in [0.2, 0.25) is 0 Å². The molecule has 2 rings (SSSR count). The van der Waals surface area contributed by atoms with Crippen LogP contribution in [0.15, 0.2) is 24.3 Å². The molecule has 2 atom stereocenters. The van der Waals surface area contributed by atoms with Gasteiger partial charge in [0, 0.05) is 25.2 Å². The first kappa shape index (κ1) is 12.6. The zero-order chi connectivity index (χ0) is 12.4. The SMILES string of the molecule is CC(C)c1ccc(CN2CCC(N)C2C)cc1. The highest BCUT2D eigenvalue weighted by Gasteiger charge is 2.27. The molecule has 0 aromatic heterocycles. The van der Waals surface area contributed by atoms with Crippen molar-refractivity contribution in [1.29, 1.82) is 0 Å². The molecule has 0 radical (unpaired) electrons. The van der Waals surface area contributed by atoms with E-state index >= 15 is 0 Å². The average Bonchev–Trinajstić information content (AvgIpc) is 2.62. The number of likely N-dealkylation sites (tertiary alicyclic amines) is 1. The molecule has 94 valence electrons. The number of nitrogens with two attached hydrogens (primary N) is 1. The van der Waals surface area contributed by atoms with Crippen LogP contribution in [0.2, 0.25) is 0 Å². The molecule has 1 aromatic carbocycles. The Balaban J connectivity index is 1.99. The highest BCUT2D eigenvalue weighted by molar-refractivity contribution is 5.24. The zero-order valence-corrected chi connectivity index (χ0v) is 11.2. The minimum absolute atomic E-state index is 0.352. The first-order valence-electron chi connectivity index (χ1n) is 6.66. The van der Waals surface area contributed by atoms with Gasteiger partial charge >= 0.3 is 0 Å². The Bertz CT molecular complexity index is 356. The molecule has 1 heterocycles. The van der Waals surface area contributed by atoms with E-state index in [1.807, 2.05) is 0 Å². The smallest absolute Gasteiger partial charge is 0.0237 e. The lowest BCUT2D eigenvalue weighted by molar-refractivity contribution is 0.251. The summed E-state index contributed by atoms with van der Waals surface area (Å²) in [6.07, 6.45) is 1.13. The quantitative estimate of drug-likeness (QED) is 0.868. The van der Waals surface area contributed by atoms with Gasteiger partial charge in [-0.2, -0.15) is 0 Å². The molecular formula is C15H24N2. The van der Waals surface area contributed by atoms with Crippen molar-refractivity contribution in [2.24, 2.45) is 5.73 Å². The van der Waals surface area contributed by atoms with E-state index < -0.39 is 0 Å². The fourth-order valence-corrected chi connectivity index (χ4v) is 2.50. The van der Waals surface area contributed by atoms with Crippen LogP contribution >= 0.6 is 0 Å². The van der Waals surface area contributed by atoms with E-state index in [0.717, 1.165) is 19.5 Å². The number of rotatable bonds is 3. The summed E-state index contributed by atoms with van der Waals surface area (Å²) in [4.78, 5) is 2.48. The molecule has 2 heteroatoms. The Kier molecular flexibility index (Phi) is 3.85. The lowest BCUT2D eigenvalue weighted by Gasteiger charge is -2.23. The van der Waals surface area contributed by atoms with Crippen molar-refractivity contribution < 1.29 is 0 Å². The summed E-state index contributed by atoms with van der Waals surface area (Å²) in [7, 11) is 0. The van der Waals surface area contributed by atoms with E-state index in [9.17, 15) is 0 Å². The summed E-state index contributed by atoms with van der Waals surface area (Å²) in [6, 6.07) is 9.88. The minimum Gasteiger partial charge on any atom is -0.326 e. The van der Waals surface area contributed by atoms with Gasteiger partial charge in [0.05, 0.1) is 0 Å². The summed E-state index contributed by atoms with van der Waals surface area (Å²) in [6.45, 7) is 8.87. The van der Waals surface area contributed by atoms with E-state index in [1.165, 1.54) is 11.1 Å². The monoisotopic (exact) mass is 232 g/mol. The Hall–Kier alpha value is -0.860. The van der Waals surface area contributed by atoms with Gasteiger partial charge in [-0.1, -0.05) is 38.1 Å². The van der Waals surface area contributed by atoms with Gasteiger partial charge in [0.1, 0.15) is 0 Å². The molecule has 1 saturated heterocycles. The normalized spacial score (nSPS) is 25.7. The van der Waals surface area contributed by atoms with Crippen LogP contribution < -0.4 is 5.73 Å². The average molecular weight is 232 g/mol. The van der Waals surface area contributed by atoms with Crippen LogP contribution in [-0.4, -0.2) is 23.5 Å². The van der Waals surface area contributed by atoms with Gasteiger partial charge in [-0.05, 0) is 30.4 Å². The summed E-state index contributed by atoms with van der Waals surface area (Å²) in [5.74, 6) is 0.614. The molecule has 1 aromatic rings. The molecule has 0 bridgehead atoms. The van der Waals surface area contributed by atoms with E-state index in [-0.39, 0.29) is 0 Å². The predicted octanol–water partition coefficient (Wildman–Crippen LogP) is 2.73. The summed E-state index contributed by atoms with van der Waals surface area (Å²) >= 11 is 0. The maximum Gasteiger partial charge on any atom is 0.0237 e. The Morgan fingerprint density at radius 1 is 1.29 bits per heavy atom. The molecule has 2 nitrogen and oxygen atoms in total. The van der Waals surface area contributed by atoms with Crippen LogP contribution in [0.4, 0.5) is 0 Å². The van der Waals surface area contributed by atoms with Crippen LogP contribution in [0.25, 0.3) is 0 Å². The molecular weight excluding hydrogens is 208 g/mol. The van der Waals surface area contributed by atoms with Crippen molar-refractivity contribution in [2.45, 2.75) is 51.7 Å². The fraction of sp³-hybridized carbons (Fsp3) is 0.600. The van der Waals surface area contributed by atoms with Crippen molar-refractivity contribution in [3.63, 3.8) is 0 Å². The second-order valence-electron chi connectivity index (χ2n) is 5.56. The number of hydrogen-bond acceptors (Lipinski definition) is 2. The van der Waals surface area contributed by atoms with Gasteiger partial charge < -0.3 is 5.73 Å². The maximum absolute atomic E-state index is 6.04. The van der Waals surface area contributed by atoms with Crippen LogP contribution in [0.5, 0.6) is 0 Å². The molecule has 1 fully saturated rings. The van der Waals surface area contributed by atoms with Crippen molar-refractivity contribution >= 4 is 0 Å².